The van der Waals surface area contributed by atoms with Crippen molar-refractivity contribution in [2.24, 2.45) is 0 Å². The molecular weight excluding hydrogens is 255 g/mol. The average Bonchev–Trinajstić information content (AvgIpc) is 2.24. The van der Waals surface area contributed by atoms with Gasteiger partial charge in [0.2, 0.25) is 0 Å². The molecule has 0 aromatic heterocycles. The molecule has 1 aromatic carbocycles. The molecule has 0 saturated carbocycles. The zero-order valence-corrected chi connectivity index (χ0v) is 8.85. The maximum Gasteiger partial charge on any atom is 0.472 e. The summed E-state index contributed by atoms with van der Waals surface area (Å²) in [6.45, 7) is 0. The van der Waals surface area contributed by atoms with Gasteiger partial charge in [-0.25, -0.2) is 4.79 Å². The lowest BCUT2D eigenvalue weighted by Crippen LogP contribution is -2.59. The lowest BCUT2D eigenvalue weighted by molar-refractivity contribution is -0.596. The van der Waals surface area contributed by atoms with E-state index in [4.69, 9.17) is 5.11 Å². The van der Waals surface area contributed by atoms with E-state index in [1.54, 1.807) is 0 Å². The zero-order chi connectivity index (χ0) is 14.0. The summed E-state index contributed by atoms with van der Waals surface area (Å²) in [6, 6.07) is 6.65. The fourth-order valence-electron chi connectivity index (χ4n) is 1.43. The molecule has 0 heterocycles. The first-order valence-corrected chi connectivity index (χ1v) is 4.70. The Morgan fingerprint density at radius 3 is 2.11 bits per heavy atom. The molecule has 0 spiro atoms. The van der Waals surface area contributed by atoms with Gasteiger partial charge in [0, 0.05) is 4.92 Å². The van der Waals surface area contributed by atoms with E-state index in [9.17, 15) is 28.1 Å². The molecule has 8 heteroatoms. The van der Waals surface area contributed by atoms with E-state index < -0.39 is 29.0 Å². The second-order valence-corrected chi connectivity index (χ2v) is 3.58. The second kappa shape index (κ2) is 4.63. The fraction of sp³-hybridized carbons (Fsp3) is 0.300. The Morgan fingerprint density at radius 1 is 1.28 bits per heavy atom. The Morgan fingerprint density at radius 2 is 1.78 bits per heavy atom. The monoisotopic (exact) mass is 263 g/mol. The highest BCUT2D eigenvalue weighted by molar-refractivity contribution is 5.78. The van der Waals surface area contributed by atoms with E-state index in [1.165, 1.54) is 30.3 Å². The number of nitrogens with zero attached hydrogens (tertiary/aromatic N) is 1. The van der Waals surface area contributed by atoms with E-state index >= 15 is 0 Å². The molecule has 18 heavy (non-hydrogen) atoms. The van der Waals surface area contributed by atoms with Crippen molar-refractivity contribution in [1.82, 2.24) is 0 Å². The van der Waals surface area contributed by atoms with Crippen LogP contribution in [0.2, 0.25) is 0 Å². The molecule has 0 saturated heterocycles. The molecule has 0 amide bonds. The number of alkyl halides is 3. The van der Waals surface area contributed by atoms with E-state index in [0.717, 1.165) is 0 Å². The predicted octanol–water partition coefficient (Wildman–Crippen LogP) is 1.89. The number of nitro groups is 1. The smallest absolute Gasteiger partial charge is 0.472 e. The molecule has 1 aromatic rings. The lowest BCUT2D eigenvalue weighted by Gasteiger charge is -2.23. The van der Waals surface area contributed by atoms with Crippen LogP contribution in [-0.2, 0) is 11.2 Å². The molecule has 1 atom stereocenters. The summed E-state index contributed by atoms with van der Waals surface area (Å²) in [5, 5.41) is 19.2. The maximum absolute atomic E-state index is 12.7. The number of hydrogen-bond acceptors (Lipinski definition) is 3. The van der Waals surface area contributed by atoms with Gasteiger partial charge in [0.05, 0.1) is 6.42 Å². The topological polar surface area (TPSA) is 80.4 Å². The first-order chi connectivity index (χ1) is 8.22. The number of halogens is 3. The Hall–Kier alpha value is -2.12. The number of carbonyl (C=O) groups is 1. The third-order valence-corrected chi connectivity index (χ3v) is 2.44. The van der Waals surface area contributed by atoms with Crippen molar-refractivity contribution in [2.75, 3.05) is 0 Å². The standard InChI is InChI=1S/C10H8F3NO4/c11-10(12,13)9(8(15)16,14(17)18)6-7-4-2-1-3-5-7/h1-5H,6H2,(H,15,16). The second-order valence-electron chi connectivity index (χ2n) is 3.58. The van der Waals surface area contributed by atoms with Crippen LogP contribution < -0.4 is 0 Å². The van der Waals surface area contributed by atoms with Crippen LogP contribution in [0, 0.1) is 10.1 Å². The summed E-state index contributed by atoms with van der Waals surface area (Å²) in [5.41, 5.74) is -4.09. The highest BCUT2D eigenvalue weighted by Crippen LogP contribution is 2.36. The van der Waals surface area contributed by atoms with Crippen LogP contribution in [0.3, 0.4) is 0 Å². The summed E-state index contributed by atoms with van der Waals surface area (Å²) in [7, 11) is 0. The van der Waals surface area contributed by atoms with Crippen LogP contribution in [-0.4, -0.2) is 27.7 Å². The molecule has 0 radical (unpaired) electrons. The average molecular weight is 263 g/mol. The van der Waals surface area contributed by atoms with Crippen molar-refractivity contribution < 1.29 is 28.0 Å². The van der Waals surface area contributed by atoms with Crippen LogP contribution in [0.25, 0.3) is 0 Å². The lowest BCUT2D eigenvalue weighted by atomic mass is 9.91. The van der Waals surface area contributed by atoms with Crippen molar-refractivity contribution in [2.45, 2.75) is 18.1 Å². The van der Waals surface area contributed by atoms with Gasteiger partial charge in [-0.05, 0) is 5.56 Å². The SMILES string of the molecule is O=C(O)C(Cc1ccccc1)([N+](=O)[O-])C(F)(F)F. The van der Waals surface area contributed by atoms with Gasteiger partial charge in [0.15, 0.2) is 0 Å². The summed E-state index contributed by atoms with van der Waals surface area (Å²) in [5.74, 6) is -2.52. The minimum atomic E-state index is -5.49. The molecular formula is C10H8F3NO4. The quantitative estimate of drug-likeness (QED) is 0.664. The van der Waals surface area contributed by atoms with Crippen molar-refractivity contribution >= 4 is 5.97 Å². The van der Waals surface area contributed by atoms with E-state index in [2.05, 4.69) is 0 Å². The number of carboxylic acids is 1. The number of rotatable bonds is 4. The highest BCUT2D eigenvalue weighted by Gasteiger charge is 2.72. The van der Waals surface area contributed by atoms with Crippen molar-refractivity contribution in [3.63, 3.8) is 0 Å². The summed E-state index contributed by atoms with van der Waals surface area (Å²) >= 11 is 0. The van der Waals surface area contributed by atoms with Gasteiger partial charge < -0.3 is 5.11 Å². The van der Waals surface area contributed by atoms with Gasteiger partial charge in [-0.1, -0.05) is 30.3 Å². The Bertz CT molecular complexity index is 444. The number of aliphatic carboxylic acids is 1. The van der Waals surface area contributed by atoms with E-state index in [1.807, 2.05) is 0 Å². The van der Waals surface area contributed by atoms with Gasteiger partial charge in [0.25, 0.3) is 0 Å². The number of benzene rings is 1. The predicted molar refractivity (Wildman–Crippen MR) is 53.6 cm³/mol. The van der Waals surface area contributed by atoms with Crippen LogP contribution >= 0.6 is 0 Å². The van der Waals surface area contributed by atoms with Crippen molar-refractivity contribution in [1.29, 1.82) is 0 Å². The van der Waals surface area contributed by atoms with Gasteiger partial charge in [-0.2, -0.15) is 13.2 Å². The molecule has 98 valence electrons. The third-order valence-electron chi connectivity index (χ3n) is 2.44. The van der Waals surface area contributed by atoms with Gasteiger partial charge >= 0.3 is 17.7 Å². The fourth-order valence-corrected chi connectivity index (χ4v) is 1.43. The molecule has 1 N–H and O–H groups in total. The van der Waals surface area contributed by atoms with Crippen LogP contribution in [0.4, 0.5) is 13.2 Å². The minimum Gasteiger partial charge on any atom is -0.476 e. The van der Waals surface area contributed by atoms with E-state index in [-0.39, 0.29) is 5.56 Å². The first-order valence-electron chi connectivity index (χ1n) is 4.70. The molecule has 0 aliphatic carbocycles. The van der Waals surface area contributed by atoms with Gasteiger partial charge in [0.1, 0.15) is 0 Å². The first kappa shape index (κ1) is 13.9. The van der Waals surface area contributed by atoms with Gasteiger partial charge in [-0.15, -0.1) is 0 Å². The normalized spacial score (nSPS) is 14.8. The zero-order valence-electron chi connectivity index (χ0n) is 8.85. The summed E-state index contributed by atoms with van der Waals surface area (Å²) in [6.07, 6.45) is -6.74. The number of hydrogen-bond donors (Lipinski definition) is 1. The molecule has 0 aliphatic rings. The Kier molecular flexibility index (Phi) is 3.59. The maximum atomic E-state index is 12.7. The van der Waals surface area contributed by atoms with Crippen LogP contribution in [0.1, 0.15) is 5.56 Å². The Balaban J connectivity index is 3.29. The van der Waals surface area contributed by atoms with Crippen LogP contribution in [0.15, 0.2) is 30.3 Å². The Labute approximate surface area is 99.0 Å². The summed E-state index contributed by atoms with van der Waals surface area (Å²) in [4.78, 5) is 19.6. The molecule has 1 rings (SSSR count). The minimum absolute atomic E-state index is 0.0751. The van der Waals surface area contributed by atoms with E-state index in [0.29, 0.717) is 0 Å². The van der Waals surface area contributed by atoms with Gasteiger partial charge in [-0.3, -0.25) is 10.1 Å². The molecule has 0 fully saturated rings. The summed E-state index contributed by atoms with van der Waals surface area (Å²) < 4.78 is 38.2. The molecule has 0 aliphatic heterocycles. The van der Waals surface area contributed by atoms with Crippen molar-refractivity contribution in [3.8, 4) is 0 Å². The van der Waals surface area contributed by atoms with Crippen LogP contribution in [0.5, 0.6) is 0 Å². The highest BCUT2D eigenvalue weighted by atomic mass is 19.4. The largest absolute Gasteiger partial charge is 0.476 e. The van der Waals surface area contributed by atoms with Crippen molar-refractivity contribution in [3.05, 3.63) is 46.0 Å². The molecule has 1 unspecified atom stereocenters. The number of carboxylic acid groups (broad SMARTS) is 1. The molecule has 5 nitrogen and oxygen atoms in total. The molecule has 0 bridgehead atoms. The third kappa shape index (κ3) is 2.27.